The summed E-state index contributed by atoms with van der Waals surface area (Å²) in [5, 5.41) is 12.6. The van der Waals surface area contributed by atoms with E-state index < -0.39 is 0 Å². The van der Waals surface area contributed by atoms with E-state index in [9.17, 15) is 4.79 Å². The molecule has 4 rings (SSSR count). The van der Waals surface area contributed by atoms with Gasteiger partial charge >= 0.3 is 0 Å². The highest BCUT2D eigenvalue weighted by Gasteiger charge is 2.15. The van der Waals surface area contributed by atoms with Gasteiger partial charge in [-0.1, -0.05) is 12.6 Å². The molecule has 1 saturated heterocycles. The number of amides is 1. The van der Waals surface area contributed by atoms with Crippen molar-refractivity contribution in [1.82, 2.24) is 14.9 Å². The second-order valence-corrected chi connectivity index (χ2v) is 8.68. The van der Waals surface area contributed by atoms with E-state index in [-0.39, 0.29) is 5.91 Å². The van der Waals surface area contributed by atoms with Gasteiger partial charge in [-0.3, -0.25) is 9.69 Å². The van der Waals surface area contributed by atoms with Crippen molar-refractivity contribution in [3.05, 3.63) is 79.2 Å². The van der Waals surface area contributed by atoms with E-state index in [0.717, 1.165) is 49.7 Å². The second-order valence-electron chi connectivity index (χ2n) is 8.68. The Morgan fingerprint density at radius 3 is 2.63 bits per heavy atom. The van der Waals surface area contributed by atoms with E-state index in [1.807, 2.05) is 36.4 Å². The molecule has 1 fully saturated rings. The van der Waals surface area contributed by atoms with Gasteiger partial charge in [-0.25, -0.2) is 4.98 Å². The molecular formula is C28H33N7O3. The summed E-state index contributed by atoms with van der Waals surface area (Å²) in [5.41, 5.74) is 4.58. The van der Waals surface area contributed by atoms with Gasteiger partial charge in [0.05, 0.1) is 19.9 Å². The zero-order chi connectivity index (χ0) is 26.7. The van der Waals surface area contributed by atoms with Crippen molar-refractivity contribution in [3.8, 4) is 5.75 Å². The van der Waals surface area contributed by atoms with Gasteiger partial charge in [-0.2, -0.15) is 4.98 Å². The molecule has 1 aliphatic rings. The first-order valence-corrected chi connectivity index (χ1v) is 12.3. The quantitative estimate of drug-likeness (QED) is 0.254. The minimum absolute atomic E-state index is 0.283. The van der Waals surface area contributed by atoms with Crippen molar-refractivity contribution in [2.45, 2.75) is 6.42 Å². The summed E-state index contributed by atoms with van der Waals surface area (Å²) in [4.78, 5) is 22.9. The molecule has 0 bridgehead atoms. The summed E-state index contributed by atoms with van der Waals surface area (Å²) in [7, 11) is 3.29. The van der Waals surface area contributed by atoms with E-state index in [0.29, 0.717) is 23.2 Å². The average Bonchev–Trinajstić information content (AvgIpc) is 3.39. The molecule has 0 atom stereocenters. The maximum Gasteiger partial charge on any atom is 0.247 e. The van der Waals surface area contributed by atoms with Crippen LogP contribution >= 0.6 is 0 Å². The molecule has 10 heteroatoms. The molecule has 1 aliphatic heterocycles. The molecule has 3 aromatic rings. The fourth-order valence-corrected chi connectivity index (χ4v) is 3.92. The Labute approximate surface area is 222 Å². The lowest BCUT2D eigenvalue weighted by molar-refractivity contribution is -0.111. The Morgan fingerprint density at radius 1 is 1.08 bits per heavy atom. The zero-order valence-corrected chi connectivity index (χ0v) is 21.7. The van der Waals surface area contributed by atoms with Crippen molar-refractivity contribution >= 4 is 40.4 Å². The number of nitrogens with zero attached hydrogens (tertiary/aromatic N) is 3. The van der Waals surface area contributed by atoms with E-state index >= 15 is 0 Å². The number of benzene rings is 2. The number of hydrogen-bond acceptors (Lipinski definition) is 9. The van der Waals surface area contributed by atoms with Crippen LogP contribution in [0.3, 0.4) is 0 Å². The van der Waals surface area contributed by atoms with Gasteiger partial charge in [-0.05, 0) is 60.5 Å². The lowest BCUT2D eigenvalue weighted by atomic mass is 10.2. The largest absolute Gasteiger partial charge is 0.491 e. The SMILES string of the molecule is C=CC(=O)Nc1cccc(Nc2nc(Nc3ccc(N/C=C4\CCN(CCOC)C4)cc3)ncc2OC)c1. The molecule has 0 saturated carbocycles. The summed E-state index contributed by atoms with van der Waals surface area (Å²) in [5.74, 6) is 1.10. The number of aromatic nitrogens is 2. The van der Waals surface area contributed by atoms with Gasteiger partial charge in [-0.15, -0.1) is 0 Å². The molecule has 0 spiro atoms. The first-order valence-electron chi connectivity index (χ1n) is 12.3. The predicted octanol–water partition coefficient (Wildman–Crippen LogP) is 4.74. The van der Waals surface area contributed by atoms with Gasteiger partial charge < -0.3 is 30.7 Å². The summed E-state index contributed by atoms with van der Waals surface area (Å²) >= 11 is 0. The van der Waals surface area contributed by atoms with Crippen LogP contribution in [0, 0.1) is 0 Å². The van der Waals surface area contributed by atoms with Crippen LogP contribution < -0.4 is 26.0 Å². The van der Waals surface area contributed by atoms with Crippen LogP contribution in [0.4, 0.5) is 34.5 Å². The van der Waals surface area contributed by atoms with E-state index in [2.05, 4.69) is 48.9 Å². The minimum atomic E-state index is -0.283. The number of nitrogens with one attached hydrogen (secondary N) is 4. The smallest absolute Gasteiger partial charge is 0.247 e. The Kier molecular flexibility index (Phi) is 9.27. The molecule has 0 radical (unpaired) electrons. The number of carbonyl (C=O) groups is 1. The fourth-order valence-electron chi connectivity index (χ4n) is 3.92. The van der Waals surface area contributed by atoms with Gasteiger partial charge in [0.15, 0.2) is 11.6 Å². The van der Waals surface area contributed by atoms with Crippen LogP contribution in [0.1, 0.15) is 6.42 Å². The molecule has 2 aromatic carbocycles. The number of carbonyl (C=O) groups excluding carboxylic acids is 1. The first-order chi connectivity index (χ1) is 18.6. The lowest BCUT2D eigenvalue weighted by Gasteiger charge is -2.13. The summed E-state index contributed by atoms with van der Waals surface area (Å²) in [6.07, 6.45) is 5.98. The van der Waals surface area contributed by atoms with Crippen molar-refractivity contribution in [2.24, 2.45) is 0 Å². The molecule has 1 aromatic heterocycles. The van der Waals surface area contributed by atoms with Crippen LogP contribution in [0.2, 0.25) is 0 Å². The normalized spacial score (nSPS) is 14.2. The highest BCUT2D eigenvalue weighted by molar-refractivity contribution is 5.99. The van der Waals surface area contributed by atoms with E-state index in [1.165, 1.54) is 11.6 Å². The van der Waals surface area contributed by atoms with Gasteiger partial charge in [0.2, 0.25) is 11.9 Å². The molecule has 0 unspecified atom stereocenters. The van der Waals surface area contributed by atoms with Gasteiger partial charge in [0.1, 0.15) is 0 Å². The van der Waals surface area contributed by atoms with Crippen LogP contribution in [0.25, 0.3) is 0 Å². The van der Waals surface area contributed by atoms with Crippen molar-refractivity contribution in [3.63, 3.8) is 0 Å². The third kappa shape index (κ3) is 7.55. The van der Waals surface area contributed by atoms with E-state index in [1.54, 1.807) is 32.5 Å². The predicted molar refractivity (Wildman–Crippen MR) is 151 cm³/mol. The number of anilines is 6. The molecule has 0 aliphatic carbocycles. The maximum atomic E-state index is 11.6. The van der Waals surface area contributed by atoms with Crippen LogP contribution in [-0.2, 0) is 9.53 Å². The van der Waals surface area contributed by atoms with Crippen LogP contribution in [0.15, 0.2) is 79.2 Å². The average molecular weight is 516 g/mol. The monoisotopic (exact) mass is 515 g/mol. The Balaban J connectivity index is 1.38. The zero-order valence-electron chi connectivity index (χ0n) is 21.7. The molecular weight excluding hydrogens is 482 g/mol. The highest BCUT2D eigenvalue weighted by atomic mass is 16.5. The van der Waals surface area contributed by atoms with Crippen LogP contribution in [-0.4, -0.2) is 61.2 Å². The third-order valence-electron chi connectivity index (χ3n) is 5.92. The molecule has 38 heavy (non-hydrogen) atoms. The Hall–Kier alpha value is -4.41. The Morgan fingerprint density at radius 2 is 1.87 bits per heavy atom. The standard InChI is InChI=1S/C28H33N7O3/c1-4-26(36)31-23-6-5-7-24(16-23)32-27-25(38-3)18-30-28(34-27)33-22-10-8-21(9-11-22)29-17-20-12-13-35(19-20)14-15-37-2/h4-11,16-18,29H,1,12-15,19H2,2-3H3,(H,31,36)(H2,30,32,33,34)/b20-17+. The molecule has 4 N–H and O–H groups in total. The van der Waals surface area contributed by atoms with Crippen molar-refractivity contribution in [1.29, 1.82) is 0 Å². The summed E-state index contributed by atoms with van der Waals surface area (Å²) in [6.45, 7) is 7.22. The lowest BCUT2D eigenvalue weighted by Crippen LogP contribution is -2.23. The number of methoxy groups -OCH3 is 2. The highest BCUT2D eigenvalue weighted by Crippen LogP contribution is 2.28. The summed E-state index contributed by atoms with van der Waals surface area (Å²) < 4.78 is 10.6. The molecule has 1 amide bonds. The van der Waals surface area contributed by atoms with Gasteiger partial charge in [0, 0.05) is 55.7 Å². The number of ether oxygens (including phenoxy) is 2. The molecule has 10 nitrogen and oxygen atoms in total. The summed E-state index contributed by atoms with van der Waals surface area (Å²) in [6, 6.07) is 15.2. The van der Waals surface area contributed by atoms with Gasteiger partial charge in [0.25, 0.3) is 0 Å². The topological polar surface area (TPSA) is 113 Å². The minimum Gasteiger partial charge on any atom is -0.491 e. The van der Waals surface area contributed by atoms with Crippen LogP contribution in [0.5, 0.6) is 5.75 Å². The first kappa shape index (κ1) is 26.6. The number of rotatable bonds is 12. The second kappa shape index (κ2) is 13.2. The molecule has 2 heterocycles. The molecule has 198 valence electrons. The maximum absolute atomic E-state index is 11.6. The van der Waals surface area contributed by atoms with E-state index in [4.69, 9.17) is 9.47 Å². The van der Waals surface area contributed by atoms with Crippen molar-refractivity contribution in [2.75, 3.05) is 61.7 Å². The number of likely N-dealkylation sites (tertiary alicyclic amines) is 1. The number of hydrogen-bond donors (Lipinski definition) is 4. The van der Waals surface area contributed by atoms with Crippen molar-refractivity contribution < 1.29 is 14.3 Å². The Bertz CT molecular complexity index is 1280. The third-order valence-corrected chi connectivity index (χ3v) is 5.92. The fraction of sp³-hybridized carbons (Fsp3) is 0.250.